The summed E-state index contributed by atoms with van der Waals surface area (Å²) in [6.07, 6.45) is 0. The average molecular weight is 345 g/mol. The number of hydrogen-bond acceptors (Lipinski definition) is 6. The second-order valence-corrected chi connectivity index (χ2v) is 5.75. The van der Waals surface area contributed by atoms with Gasteiger partial charge >= 0.3 is 0 Å². The Morgan fingerprint density at radius 2 is 1.96 bits per heavy atom. The molecule has 2 rings (SSSR count). The van der Waals surface area contributed by atoms with Crippen molar-refractivity contribution < 1.29 is 14.8 Å². The van der Waals surface area contributed by atoms with Crippen LogP contribution in [0, 0.1) is 10.1 Å². The minimum absolute atomic E-state index is 0.0402. The summed E-state index contributed by atoms with van der Waals surface area (Å²) in [5.74, 6) is 0.751. The molecule has 0 heterocycles. The van der Waals surface area contributed by atoms with Crippen molar-refractivity contribution >= 4 is 11.4 Å². The van der Waals surface area contributed by atoms with Gasteiger partial charge in [0.1, 0.15) is 11.4 Å². The zero-order valence-electron chi connectivity index (χ0n) is 14.6. The highest BCUT2D eigenvalue weighted by Crippen LogP contribution is 2.28. The molecule has 0 aliphatic heterocycles. The van der Waals surface area contributed by atoms with E-state index in [9.17, 15) is 15.2 Å². The molecule has 1 unspecified atom stereocenters. The van der Waals surface area contributed by atoms with Gasteiger partial charge in [0, 0.05) is 19.7 Å². The summed E-state index contributed by atoms with van der Waals surface area (Å²) in [5.41, 5.74) is 2.27. The molecule has 7 heteroatoms. The van der Waals surface area contributed by atoms with E-state index in [1.807, 2.05) is 42.3 Å². The summed E-state index contributed by atoms with van der Waals surface area (Å²) in [7, 11) is 5.13. The van der Waals surface area contributed by atoms with Gasteiger partial charge in [-0.15, -0.1) is 0 Å². The van der Waals surface area contributed by atoms with Crippen molar-refractivity contribution in [1.29, 1.82) is 0 Å². The number of anilines is 1. The first kappa shape index (κ1) is 18.7. The lowest BCUT2D eigenvalue weighted by Gasteiger charge is -2.27. The van der Waals surface area contributed by atoms with E-state index in [0.717, 1.165) is 16.9 Å². The Hall–Kier alpha value is -2.64. The molecule has 0 saturated heterocycles. The van der Waals surface area contributed by atoms with Crippen LogP contribution in [0.2, 0.25) is 0 Å². The fourth-order valence-corrected chi connectivity index (χ4v) is 2.76. The third-order valence-corrected chi connectivity index (χ3v) is 4.17. The second kappa shape index (κ2) is 8.46. The molecule has 7 nitrogen and oxygen atoms in total. The fourth-order valence-electron chi connectivity index (χ4n) is 2.76. The molecule has 2 aromatic carbocycles. The minimum atomic E-state index is -0.400. The molecule has 2 aromatic rings. The molecular weight excluding hydrogens is 322 g/mol. The van der Waals surface area contributed by atoms with Gasteiger partial charge in [0.05, 0.1) is 24.7 Å². The third kappa shape index (κ3) is 4.46. The minimum Gasteiger partial charge on any atom is -0.497 e. The SMILES string of the molecule is CNc1ccc(CN(C)C(CO)c2ccc(OC)cc2)cc1[N+](=O)[O-]. The van der Waals surface area contributed by atoms with Crippen LogP contribution in [0.1, 0.15) is 17.2 Å². The molecule has 0 spiro atoms. The maximum absolute atomic E-state index is 11.2. The molecule has 1 atom stereocenters. The van der Waals surface area contributed by atoms with Gasteiger partial charge < -0.3 is 15.2 Å². The molecular formula is C18H23N3O4. The van der Waals surface area contributed by atoms with Crippen molar-refractivity contribution in [3.05, 3.63) is 63.7 Å². The van der Waals surface area contributed by atoms with E-state index >= 15 is 0 Å². The molecule has 0 aliphatic carbocycles. The molecule has 2 N–H and O–H groups in total. The Morgan fingerprint density at radius 1 is 1.28 bits per heavy atom. The van der Waals surface area contributed by atoms with Crippen LogP contribution in [0.25, 0.3) is 0 Å². The van der Waals surface area contributed by atoms with Crippen molar-refractivity contribution in [2.24, 2.45) is 0 Å². The van der Waals surface area contributed by atoms with Gasteiger partial charge in [-0.3, -0.25) is 15.0 Å². The van der Waals surface area contributed by atoms with Crippen molar-refractivity contribution in [3.8, 4) is 5.75 Å². The van der Waals surface area contributed by atoms with E-state index in [4.69, 9.17) is 4.74 Å². The van der Waals surface area contributed by atoms with E-state index in [2.05, 4.69) is 5.32 Å². The number of nitro groups is 1. The number of aliphatic hydroxyl groups excluding tert-OH is 1. The van der Waals surface area contributed by atoms with Crippen molar-refractivity contribution in [2.45, 2.75) is 12.6 Å². The van der Waals surface area contributed by atoms with Crippen LogP contribution in [0.15, 0.2) is 42.5 Å². The zero-order valence-corrected chi connectivity index (χ0v) is 14.6. The van der Waals surface area contributed by atoms with Crippen LogP contribution in [-0.4, -0.2) is 42.7 Å². The predicted molar refractivity (Wildman–Crippen MR) is 96.9 cm³/mol. The van der Waals surface area contributed by atoms with Gasteiger partial charge in [-0.1, -0.05) is 18.2 Å². The van der Waals surface area contributed by atoms with E-state index in [1.54, 1.807) is 26.3 Å². The lowest BCUT2D eigenvalue weighted by molar-refractivity contribution is -0.384. The van der Waals surface area contributed by atoms with Crippen molar-refractivity contribution in [2.75, 3.05) is 33.1 Å². The highest BCUT2D eigenvalue weighted by Gasteiger charge is 2.19. The quantitative estimate of drug-likeness (QED) is 0.565. The number of hydrogen-bond donors (Lipinski definition) is 2. The first-order valence-electron chi connectivity index (χ1n) is 7.90. The zero-order chi connectivity index (χ0) is 18.4. The number of methoxy groups -OCH3 is 1. The van der Waals surface area contributed by atoms with Crippen LogP contribution in [-0.2, 0) is 6.54 Å². The Labute approximate surface area is 147 Å². The Morgan fingerprint density at radius 3 is 2.48 bits per heavy atom. The Balaban J connectivity index is 2.19. The van der Waals surface area contributed by atoms with Gasteiger partial charge in [0.15, 0.2) is 0 Å². The number of ether oxygens (including phenoxy) is 1. The summed E-state index contributed by atoms with van der Waals surface area (Å²) < 4.78 is 5.15. The van der Waals surface area contributed by atoms with Crippen LogP contribution in [0.4, 0.5) is 11.4 Å². The first-order valence-corrected chi connectivity index (χ1v) is 7.90. The summed E-state index contributed by atoms with van der Waals surface area (Å²) in [6.45, 7) is 0.418. The van der Waals surface area contributed by atoms with Gasteiger partial charge in [0.25, 0.3) is 5.69 Å². The van der Waals surface area contributed by atoms with E-state index in [-0.39, 0.29) is 18.3 Å². The number of likely N-dealkylation sites (N-methyl/N-ethyl adjacent to an activating group) is 1. The number of benzene rings is 2. The van der Waals surface area contributed by atoms with Gasteiger partial charge in [-0.25, -0.2) is 0 Å². The number of nitrogens with zero attached hydrogens (tertiary/aromatic N) is 2. The third-order valence-electron chi connectivity index (χ3n) is 4.17. The lowest BCUT2D eigenvalue weighted by atomic mass is 10.0. The summed E-state index contributed by atoms with van der Waals surface area (Å²) in [5, 5.41) is 23.8. The Bertz CT molecular complexity index is 719. The summed E-state index contributed by atoms with van der Waals surface area (Å²) in [4.78, 5) is 12.7. The van der Waals surface area contributed by atoms with Gasteiger partial charge in [-0.05, 0) is 36.4 Å². The molecule has 0 bridgehead atoms. The molecule has 25 heavy (non-hydrogen) atoms. The first-order chi connectivity index (χ1) is 12.0. The number of nitrogens with one attached hydrogen (secondary N) is 1. The molecule has 0 fully saturated rings. The number of nitro benzene ring substituents is 1. The van der Waals surface area contributed by atoms with E-state index in [0.29, 0.717) is 12.2 Å². The highest BCUT2D eigenvalue weighted by atomic mass is 16.6. The largest absolute Gasteiger partial charge is 0.497 e. The number of rotatable bonds is 8. The van der Waals surface area contributed by atoms with Crippen molar-refractivity contribution in [1.82, 2.24) is 4.90 Å². The monoisotopic (exact) mass is 345 g/mol. The summed E-state index contributed by atoms with van der Waals surface area (Å²) in [6, 6.07) is 12.4. The van der Waals surface area contributed by atoms with E-state index < -0.39 is 4.92 Å². The number of aliphatic hydroxyl groups is 1. The predicted octanol–water partition coefficient (Wildman–Crippen LogP) is 2.81. The van der Waals surface area contributed by atoms with Crippen LogP contribution in [0.5, 0.6) is 5.75 Å². The lowest BCUT2D eigenvalue weighted by Crippen LogP contribution is -2.27. The standard InChI is InChI=1S/C18H23N3O4/c1-19-16-9-4-13(10-17(16)21(23)24)11-20(2)18(12-22)14-5-7-15(25-3)8-6-14/h4-10,18-19,22H,11-12H2,1-3H3. The topological polar surface area (TPSA) is 87.9 Å². The Kier molecular flexibility index (Phi) is 6.32. The maximum Gasteiger partial charge on any atom is 0.292 e. The van der Waals surface area contributed by atoms with Crippen LogP contribution < -0.4 is 10.1 Å². The van der Waals surface area contributed by atoms with Gasteiger partial charge in [-0.2, -0.15) is 0 Å². The molecule has 134 valence electrons. The summed E-state index contributed by atoms with van der Waals surface area (Å²) >= 11 is 0. The molecule has 0 radical (unpaired) electrons. The second-order valence-electron chi connectivity index (χ2n) is 5.75. The average Bonchev–Trinajstić information content (AvgIpc) is 2.62. The highest BCUT2D eigenvalue weighted by molar-refractivity contribution is 5.62. The molecule has 0 aliphatic rings. The van der Waals surface area contributed by atoms with Gasteiger partial charge in [0.2, 0.25) is 0 Å². The van der Waals surface area contributed by atoms with E-state index in [1.165, 1.54) is 0 Å². The van der Waals surface area contributed by atoms with Crippen LogP contribution in [0.3, 0.4) is 0 Å². The normalized spacial score (nSPS) is 12.0. The molecule has 0 aromatic heterocycles. The van der Waals surface area contributed by atoms with Crippen molar-refractivity contribution in [3.63, 3.8) is 0 Å². The molecule has 0 amide bonds. The van der Waals surface area contributed by atoms with Crippen LogP contribution >= 0.6 is 0 Å². The fraction of sp³-hybridized carbons (Fsp3) is 0.333. The maximum atomic E-state index is 11.2. The smallest absolute Gasteiger partial charge is 0.292 e. The molecule has 0 saturated carbocycles.